The van der Waals surface area contributed by atoms with Crippen molar-refractivity contribution in [2.75, 3.05) is 9.80 Å². The van der Waals surface area contributed by atoms with Crippen molar-refractivity contribution < 1.29 is 0 Å². The number of nitrogens with zero attached hydrogens (tertiary/aromatic N) is 2. The Morgan fingerprint density at radius 3 is 1.05 bits per heavy atom. The van der Waals surface area contributed by atoms with Crippen LogP contribution in [0.3, 0.4) is 0 Å². The van der Waals surface area contributed by atoms with Crippen molar-refractivity contribution in [1.29, 1.82) is 0 Å². The van der Waals surface area contributed by atoms with Crippen molar-refractivity contribution in [2.24, 2.45) is 0 Å². The Bertz CT molecular complexity index is 2550. The van der Waals surface area contributed by atoms with Crippen LogP contribution < -0.4 is 9.80 Å². The van der Waals surface area contributed by atoms with Crippen LogP contribution in [0.4, 0.5) is 34.1 Å². The third-order valence-corrected chi connectivity index (χ3v) is 12.4. The van der Waals surface area contributed by atoms with Gasteiger partial charge in [-0.1, -0.05) is 169 Å². The van der Waals surface area contributed by atoms with E-state index in [1.807, 2.05) is 23.5 Å². The Labute approximate surface area is 337 Å². The zero-order valence-corrected chi connectivity index (χ0v) is 32.1. The molecule has 0 fully saturated rings. The molecule has 2 aliphatic heterocycles. The van der Waals surface area contributed by atoms with E-state index in [2.05, 4.69) is 228 Å². The highest BCUT2D eigenvalue weighted by Gasteiger charge is 2.26. The number of rotatable bonds is 7. The summed E-state index contributed by atoms with van der Waals surface area (Å²) >= 11 is 3.68. The third-order valence-electron chi connectivity index (χ3n) is 10.2. The van der Waals surface area contributed by atoms with Gasteiger partial charge in [0.1, 0.15) is 0 Å². The van der Waals surface area contributed by atoms with Gasteiger partial charge in [-0.3, -0.25) is 0 Å². The fourth-order valence-corrected chi connectivity index (χ4v) is 9.64. The van der Waals surface area contributed by atoms with E-state index in [4.69, 9.17) is 0 Å². The fraction of sp³-hybridized carbons (Fsp3) is 0. The lowest BCUT2D eigenvalue weighted by atomic mass is 10.0. The van der Waals surface area contributed by atoms with Gasteiger partial charge in [-0.15, -0.1) is 0 Å². The molecule has 0 saturated heterocycles. The molecule has 0 bridgehead atoms. The first kappa shape index (κ1) is 34.1. The van der Waals surface area contributed by atoms with Gasteiger partial charge >= 0.3 is 0 Å². The minimum atomic E-state index is 1.17. The van der Waals surface area contributed by atoms with E-state index in [0.29, 0.717) is 0 Å². The highest BCUT2D eigenvalue weighted by Crippen LogP contribution is 2.53. The summed E-state index contributed by atoms with van der Waals surface area (Å²) < 4.78 is 0. The standard InChI is InChI=1S/C52H36N2S2/c1-3-11-43(12-4-1)53-45-15-7-9-17-49(45)55-51-35-39(27-33-47(51)53)21-19-37-23-29-41(30-24-37)42-31-25-38(26-32-42)20-22-40-28-34-48-52(36-40)56-50-18-10-8-16-46(50)54(48)44-13-5-2-6-14-44/h1-36H/b21-19+,22-20+. The lowest BCUT2D eigenvalue weighted by Gasteiger charge is -2.33. The van der Waals surface area contributed by atoms with Gasteiger partial charge in [0.25, 0.3) is 0 Å². The molecule has 8 aromatic carbocycles. The monoisotopic (exact) mass is 752 g/mol. The Kier molecular flexibility index (Phi) is 9.12. The molecule has 0 aromatic heterocycles. The quantitative estimate of drug-likeness (QED) is 0.150. The van der Waals surface area contributed by atoms with Crippen LogP contribution in [-0.2, 0) is 0 Å². The molecule has 0 radical (unpaired) electrons. The van der Waals surface area contributed by atoms with Crippen LogP contribution in [-0.4, -0.2) is 0 Å². The highest BCUT2D eigenvalue weighted by atomic mass is 32.2. The number of benzene rings is 8. The molecule has 266 valence electrons. The Hall–Kier alpha value is -6.46. The first-order valence-electron chi connectivity index (χ1n) is 18.8. The van der Waals surface area contributed by atoms with E-state index in [1.165, 1.54) is 87.1 Å². The summed E-state index contributed by atoms with van der Waals surface area (Å²) in [5.41, 5.74) is 14.3. The third kappa shape index (κ3) is 6.75. The van der Waals surface area contributed by atoms with Gasteiger partial charge in [-0.2, -0.15) is 0 Å². The van der Waals surface area contributed by atoms with Gasteiger partial charge < -0.3 is 9.80 Å². The molecule has 2 nitrogen and oxygen atoms in total. The Morgan fingerprint density at radius 2 is 0.625 bits per heavy atom. The van der Waals surface area contributed by atoms with Gasteiger partial charge in [0.2, 0.25) is 0 Å². The van der Waals surface area contributed by atoms with Gasteiger partial charge in [-0.25, -0.2) is 0 Å². The maximum atomic E-state index is 2.36. The van der Waals surface area contributed by atoms with E-state index in [0.717, 1.165) is 0 Å². The normalized spacial score (nSPS) is 13.0. The molecule has 0 unspecified atom stereocenters. The maximum absolute atomic E-state index is 2.36. The highest BCUT2D eigenvalue weighted by molar-refractivity contribution is 8.00. The molecule has 0 N–H and O–H groups in total. The molecule has 0 aliphatic carbocycles. The Balaban J connectivity index is 0.825. The largest absolute Gasteiger partial charge is 0.308 e. The van der Waals surface area contributed by atoms with Crippen LogP contribution in [0.15, 0.2) is 214 Å². The molecule has 0 spiro atoms. The van der Waals surface area contributed by atoms with Crippen LogP contribution in [0, 0.1) is 0 Å². The minimum absolute atomic E-state index is 1.17. The summed E-state index contributed by atoms with van der Waals surface area (Å²) in [6, 6.07) is 69.7. The zero-order chi connectivity index (χ0) is 37.3. The molecule has 8 aromatic rings. The van der Waals surface area contributed by atoms with Crippen LogP contribution in [0.1, 0.15) is 22.3 Å². The van der Waals surface area contributed by atoms with E-state index >= 15 is 0 Å². The van der Waals surface area contributed by atoms with Crippen molar-refractivity contribution in [2.45, 2.75) is 19.6 Å². The first-order valence-corrected chi connectivity index (χ1v) is 20.5. The molecule has 10 rings (SSSR count). The summed E-state index contributed by atoms with van der Waals surface area (Å²) in [4.78, 5) is 9.77. The number of hydrogen-bond acceptors (Lipinski definition) is 4. The molecule has 2 heterocycles. The summed E-state index contributed by atoms with van der Waals surface area (Å²) in [6.07, 6.45) is 8.83. The van der Waals surface area contributed by atoms with Crippen LogP contribution in [0.2, 0.25) is 0 Å². The van der Waals surface area contributed by atoms with Gasteiger partial charge in [0, 0.05) is 31.0 Å². The van der Waals surface area contributed by atoms with Crippen LogP contribution in [0.25, 0.3) is 35.4 Å². The second-order valence-corrected chi connectivity index (χ2v) is 16.0. The van der Waals surface area contributed by atoms with Crippen LogP contribution >= 0.6 is 23.5 Å². The Morgan fingerprint density at radius 1 is 0.286 bits per heavy atom. The van der Waals surface area contributed by atoms with Crippen molar-refractivity contribution >= 4 is 82.0 Å². The van der Waals surface area contributed by atoms with Gasteiger partial charge in [0.05, 0.1) is 22.7 Å². The molecule has 56 heavy (non-hydrogen) atoms. The molecule has 2 aliphatic rings. The number of para-hydroxylation sites is 4. The topological polar surface area (TPSA) is 6.48 Å². The predicted octanol–water partition coefficient (Wildman–Crippen LogP) is 15.6. The van der Waals surface area contributed by atoms with Crippen molar-refractivity contribution in [1.82, 2.24) is 0 Å². The SMILES string of the molecule is C(=C\c1ccc2c(c1)Sc1ccccc1N2c1ccccc1)/c1ccc(-c2ccc(/C=C/c3ccc4c(c3)Sc3ccccc3N4c3ccccc3)cc2)cc1. The summed E-state index contributed by atoms with van der Waals surface area (Å²) in [5.74, 6) is 0. The average molecular weight is 753 g/mol. The summed E-state index contributed by atoms with van der Waals surface area (Å²) in [7, 11) is 0. The van der Waals surface area contributed by atoms with E-state index in [1.54, 1.807) is 0 Å². The first-order chi connectivity index (χ1) is 27.7. The average Bonchev–Trinajstić information content (AvgIpc) is 3.26. The van der Waals surface area contributed by atoms with Gasteiger partial charge in [-0.05, 0) is 106 Å². The second-order valence-electron chi connectivity index (χ2n) is 13.8. The van der Waals surface area contributed by atoms with Crippen molar-refractivity contribution in [3.05, 3.63) is 216 Å². The predicted molar refractivity (Wildman–Crippen MR) is 240 cm³/mol. The molecular formula is C52H36N2S2. The fourth-order valence-electron chi connectivity index (χ4n) is 7.42. The molecule has 0 saturated carbocycles. The molecule has 0 atom stereocenters. The molecule has 0 amide bonds. The lowest BCUT2D eigenvalue weighted by molar-refractivity contribution is 1.16. The van der Waals surface area contributed by atoms with Gasteiger partial charge in [0.15, 0.2) is 0 Å². The van der Waals surface area contributed by atoms with Crippen molar-refractivity contribution in [3.8, 4) is 11.1 Å². The van der Waals surface area contributed by atoms with Crippen molar-refractivity contribution in [3.63, 3.8) is 0 Å². The lowest BCUT2D eigenvalue weighted by Crippen LogP contribution is -2.14. The second kappa shape index (κ2) is 15.0. The smallest absolute Gasteiger partial charge is 0.0602 e. The minimum Gasteiger partial charge on any atom is -0.308 e. The number of anilines is 6. The molecular weight excluding hydrogens is 717 g/mol. The molecule has 4 heteroatoms. The summed E-state index contributed by atoms with van der Waals surface area (Å²) in [5, 5.41) is 0. The number of fused-ring (bicyclic) bond motifs is 4. The van der Waals surface area contributed by atoms with E-state index < -0.39 is 0 Å². The van der Waals surface area contributed by atoms with E-state index in [9.17, 15) is 0 Å². The number of hydrogen-bond donors (Lipinski definition) is 0. The van der Waals surface area contributed by atoms with E-state index in [-0.39, 0.29) is 0 Å². The summed E-state index contributed by atoms with van der Waals surface area (Å²) in [6.45, 7) is 0. The van der Waals surface area contributed by atoms with Crippen LogP contribution in [0.5, 0.6) is 0 Å². The zero-order valence-electron chi connectivity index (χ0n) is 30.5. The maximum Gasteiger partial charge on any atom is 0.0602 e.